The maximum Gasteiger partial charge on any atom is 0.123 e. The second-order valence-electron chi connectivity index (χ2n) is 2.37. The molecule has 0 amide bonds. The maximum atomic E-state index is 10.2. The molecule has 0 aromatic heterocycles. The summed E-state index contributed by atoms with van der Waals surface area (Å²) >= 11 is 6.83. The van der Waals surface area contributed by atoms with Gasteiger partial charge in [0, 0.05) is 16.1 Å². The van der Waals surface area contributed by atoms with Crippen LogP contribution in [0.25, 0.3) is 0 Å². The van der Waals surface area contributed by atoms with Crippen molar-refractivity contribution in [2.45, 2.75) is 11.2 Å². The van der Waals surface area contributed by atoms with E-state index in [0.29, 0.717) is 16.7 Å². The van der Waals surface area contributed by atoms with Gasteiger partial charge in [0.05, 0.1) is 0 Å². The molecule has 3 heteroatoms. The van der Waals surface area contributed by atoms with Crippen molar-refractivity contribution in [3.8, 4) is 0 Å². The Hall–Kier alpha value is 0.630. The van der Waals surface area contributed by atoms with E-state index in [2.05, 4.69) is 31.9 Å². The topological polar surface area (TPSA) is 17.1 Å². The molecule has 1 rings (SSSR count). The molecule has 0 N–H and O–H groups in total. The average molecular weight is 256 g/mol. The van der Waals surface area contributed by atoms with Crippen LogP contribution in [0.2, 0.25) is 0 Å². The fraction of sp³-hybridized carbons (Fsp3) is 0.833. The van der Waals surface area contributed by atoms with Gasteiger partial charge in [-0.1, -0.05) is 31.9 Å². The second kappa shape index (κ2) is 3.15. The van der Waals surface area contributed by atoms with Crippen molar-refractivity contribution in [2.24, 2.45) is 11.8 Å². The van der Waals surface area contributed by atoms with Gasteiger partial charge in [-0.15, -0.1) is 0 Å². The molecular formula is C6H8Br2O. The molecule has 0 radical (unpaired) electrons. The Balaban J connectivity index is 2.24. The first-order chi connectivity index (χ1) is 4.29. The van der Waals surface area contributed by atoms with Crippen molar-refractivity contribution in [1.29, 1.82) is 0 Å². The van der Waals surface area contributed by atoms with E-state index in [9.17, 15) is 4.79 Å². The van der Waals surface area contributed by atoms with Gasteiger partial charge >= 0.3 is 0 Å². The van der Waals surface area contributed by atoms with Gasteiger partial charge in [0.25, 0.3) is 0 Å². The van der Waals surface area contributed by atoms with Crippen LogP contribution in [-0.4, -0.2) is 16.4 Å². The molecule has 0 aliphatic heterocycles. The van der Waals surface area contributed by atoms with Crippen LogP contribution < -0.4 is 0 Å². The lowest BCUT2D eigenvalue weighted by atomic mass is 10.3. The molecule has 1 fully saturated rings. The van der Waals surface area contributed by atoms with E-state index in [1.165, 1.54) is 0 Å². The minimum absolute atomic E-state index is 0.340. The lowest BCUT2D eigenvalue weighted by molar-refractivity contribution is -0.109. The number of halogens is 2. The number of hydrogen-bond acceptors (Lipinski definition) is 1. The van der Waals surface area contributed by atoms with Crippen LogP contribution in [0.3, 0.4) is 0 Å². The van der Waals surface area contributed by atoms with Crippen LogP contribution in [0.1, 0.15) is 6.42 Å². The third-order valence-corrected chi connectivity index (χ3v) is 4.25. The summed E-state index contributed by atoms with van der Waals surface area (Å²) in [5.41, 5.74) is 0. The molecule has 1 aliphatic carbocycles. The molecule has 1 saturated carbocycles. The van der Waals surface area contributed by atoms with Crippen molar-refractivity contribution in [3.63, 3.8) is 0 Å². The van der Waals surface area contributed by atoms with Gasteiger partial charge in [-0.3, -0.25) is 0 Å². The Kier molecular flexibility index (Phi) is 2.71. The van der Waals surface area contributed by atoms with Gasteiger partial charge in [-0.05, 0) is 12.3 Å². The summed E-state index contributed by atoms with van der Waals surface area (Å²) in [4.78, 5) is 10.7. The standard InChI is InChI=1S/C6H8Br2O/c7-2-6(8)5-1-4(5)3-9/h3-6H,1-2H2. The van der Waals surface area contributed by atoms with Gasteiger partial charge in [-0.25, -0.2) is 0 Å². The van der Waals surface area contributed by atoms with Gasteiger partial charge < -0.3 is 4.79 Å². The van der Waals surface area contributed by atoms with Gasteiger partial charge in [0.1, 0.15) is 6.29 Å². The number of aldehydes is 1. The van der Waals surface area contributed by atoms with Crippen LogP contribution in [0, 0.1) is 11.8 Å². The summed E-state index contributed by atoms with van der Waals surface area (Å²) in [6, 6.07) is 0. The summed E-state index contributed by atoms with van der Waals surface area (Å²) in [5, 5.41) is 0.946. The van der Waals surface area contributed by atoms with E-state index in [0.717, 1.165) is 18.0 Å². The highest BCUT2D eigenvalue weighted by atomic mass is 79.9. The average Bonchev–Trinajstić information content (AvgIpc) is 2.64. The van der Waals surface area contributed by atoms with E-state index in [4.69, 9.17) is 0 Å². The molecule has 3 atom stereocenters. The largest absolute Gasteiger partial charge is 0.303 e. The van der Waals surface area contributed by atoms with Crippen molar-refractivity contribution in [3.05, 3.63) is 0 Å². The third-order valence-electron chi connectivity index (χ3n) is 1.68. The van der Waals surface area contributed by atoms with E-state index in [-0.39, 0.29) is 0 Å². The van der Waals surface area contributed by atoms with Gasteiger partial charge in [0.2, 0.25) is 0 Å². The van der Waals surface area contributed by atoms with E-state index >= 15 is 0 Å². The molecule has 0 saturated heterocycles. The summed E-state index contributed by atoms with van der Waals surface area (Å²) in [6.07, 6.45) is 2.13. The lowest BCUT2D eigenvalue weighted by Gasteiger charge is -1.99. The van der Waals surface area contributed by atoms with Crippen LogP contribution in [0.4, 0.5) is 0 Å². The molecule has 1 nitrogen and oxygen atoms in total. The van der Waals surface area contributed by atoms with Crippen molar-refractivity contribution < 1.29 is 4.79 Å². The molecule has 52 valence electrons. The minimum atomic E-state index is 0.340. The van der Waals surface area contributed by atoms with Crippen LogP contribution >= 0.6 is 31.9 Å². The number of rotatable bonds is 3. The lowest BCUT2D eigenvalue weighted by Crippen LogP contribution is -2.03. The number of carbonyl (C=O) groups is 1. The molecular weight excluding hydrogens is 248 g/mol. The zero-order valence-corrected chi connectivity index (χ0v) is 8.06. The van der Waals surface area contributed by atoms with Crippen molar-refractivity contribution in [2.75, 3.05) is 5.33 Å². The molecule has 0 heterocycles. The second-order valence-corrected chi connectivity index (χ2v) is 4.19. The van der Waals surface area contributed by atoms with Crippen LogP contribution in [0.5, 0.6) is 0 Å². The monoisotopic (exact) mass is 254 g/mol. The van der Waals surface area contributed by atoms with Gasteiger partial charge in [0.15, 0.2) is 0 Å². The van der Waals surface area contributed by atoms with E-state index in [1.54, 1.807) is 0 Å². The molecule has 9 heavy (non-hydrogen) atoms. The highest BCUT2D eigenvalue weighted by molar-refractivity contribution is 9.12. The molecule has 0 aromatic carbocycles. The predicted molar refractivity (Wildman–Crippen MR) is 44.2 cm³/mol. The van der Waals surface area contributed by atoms with Crippen molar-refractivity contribution in [1.82, 2.24) is 0 Å². The van der Waals surface area contributed by atoms with Gasteiger partial charge in [-0.2, -0.15) is 0 Å². The highest BCUT2D eigenvalue weighted by Crippen LogP contribution is 2.42. The Bertz CT molecular complexity index is 116. The van der Waals surface area contributed by atoms with Crippen LogP contribution in [-0.2, 0) is 4.79 Å². The summed E-state index contributed by atoms with van der Waals surface area (Å²) in [7, 11) is 0. The number of alkyl halides is 2. The summed E-state index contributed by atoms with van der Waals surface area (Å²) in [5.74, 6) is 0.939. The Labute approximate surface area is 71.5 Å². The molecule has 0 bridgehead atoms. The minimum Gasteiger partial charge on any atom is -0.303 e. The zero-order chi connectivity index (χ0) is 6.85. The maximum absolute atomic E-state index is 10.2. The Morgan fingerprint density at radius 1 is 1.78 bits per heavy atom. The SMILES string of the molecule is O=CC1CC1C(Br)CBr. The number of carbonyl (C=O) groups excluding carboxylic acids is 1. The number of hydrogen-bond donors (Lipinski definition) is 0. The molecule has 0 aromatic rings. The van der Waals surface area contributed by atoms with E-state index in [1.807, 2.05) is 0 Å². The summed E-state index contributed by atoms with van der Waals surface area (Å²) in [6.45, 7) is 0. The third kappa shape index (κ3) is 1.77. The first-order valence-electron chi connectivity index (χ1n) is 2.95. The van der Waals surface area contributed by atoms with Crippen LogP contribution in [0.15, 0.2) is 0 Å². The first-order valence-corrected chi connectivity index (χ1v) is 4.98. The Morgan fingerprint density at radius 2 is 2.44 bits per heavy atom. The quantitative estimate of drug-likeness (QED) is 0.557. The Morgan fingerprint density at radius 3 is 2.78 bits per heavy atom. The molecule has 1 aliphatic rings. The highest BCUT2D eigenvalue weighted by Gasteiger charge is 2.40. The molecule has 3 unspecified atom stereocenters. The van der Waals surface area contributed by atoms with E-state index < -0.39 is 0 Å². The fourth-order valence-corrected chi connectivity index (χ4v) is 2.01. The normalized spacial score (nSPS) is 35.8. The predicted octanol–water partition coefficient (Wildman–Crippen LogP) is 1.98. The molecule has 0 spiro atoms. The first kappa shape index (κ1) is 7.73. The fourth-order valence-electron chi connectivity index (χ4n) is 0.922. The van der Waals surface area contributed by atoms with Crippen molar-refractivity contribution >= 4 is 38.1 Å². The smallest absolute Gasteiger partial charge is 0.123 e. The zero-order valence-electron chi connectivity index (χ0n) is 4.89. The summed E-state index contributed by atoms with van der Waals surface area (Å²) < 4.78 is 0.